The largest absolute Gasteiger partial charge is 0.405 e. The fraction of sp³-hybridized carbons (Fsp3) is 0.250. The van der Waals surface area contributed by atoms with Crippen LogP contribution in [-0.2, 0) is 0 Å². The average molecular weight is 226 g/mol. The molecule has 0 spiro atoms. The molecule has 0 atom stereocenters. The number of nitrogen functional groups attached to an aromatic ring is 1. The third-order valence-corrected chi connectivity index (χ3v) is 1.53. The molecule has 0 fully saturated rings. The Morgan fingerprint density at radius 3 is 2.00 bits per heavy atom. The van der Waals surface area contributed by atoms with Gasteiger partial charge in [-0.2, -0.15) is 13.2 Å². The average Bonchev–Trinajstić information content (AvgIpc) is 1.99. The van der Waals surface area contributed by atoms with E-state index in [9.17, 15) is 22.0 Å². The van der Waals surface area contributed by atoms with Crippen LogP contribution in [0.2, 0.25) is 0 Å². The Hall–Kier alpha value is -1.53. The summed E-state index contributed by atoms with van der Waals surface area (Å²) in [6.45, 7) is -1.51. The minimum atomic E-state index is -4.54. The van der Waals surface area contributed by atoms with Gasteiger partial charge < -0.3 is 11.1 Å². The third kappa shape index (κ3) is 3.26. The van der Waals surface area contributed by atoms with E-state index in [0.29, 0.717) is 0 Å². The number of hydrogen-bond donors (Lipinski definition) is 2. The fourth-order valence-corrected chi connectivity index (χ4v) is 0.950. The highest BCUT2D eigenvalue weighted by Crippen LogP contribution is 2.23. The minimum absolute atomic E-state index is 0.192. The highest BCUT2D eigenvalue weighted by molar-refractivity contribution is 5.54. The molecule has 7 heteroatoms. The predicted molar refractivity (Wildman–Crippen MR) is 45.3 cm³/mol. The summed E-state index contributed by atoms with van der Waals surface area (Å²) in [6, 6.07) is 1.48. The molecule has 0 saturated heterocycles. The molecule has 3 N–H and O–H groups in total. The lowest BCUT2D eigenvalue weighted by Crippen LogP contribution is -2.22. The van der Waals surface area contributed by atoms with E-state index in [1.165, 1.54) is 0 Å². The van der Waals surface area contributed by atoms with Crippen molar-refractivity contribution in [2.24, 2.45) is 0 Å². The number of halogens is 5. The molecule has 0 amide bonds. The van der Waals surface area contributed by atoms with Crippen molar-refractivity contribution >= 4 is 11.4 Å². The lowest BCUT2D eigenvalue weighted by Gasteiger charge is -2.11. The lowest BCUT2D eigenvalue weighted by molar-refractivity contribution is -0.115. The Kier molecular flexibility index (Phi) is 3.01. The molecule has 15 heavy (non-hydrogen) atoms. The first-order chi connectivity index (χ1) is 6.79. The van der Waals surface area contributed by atoms with Gasteiger partial charge in [-0.15, -0.1) is 0 Å². The van der Waals surface area contributed by atoms with Crippen molar-refractivity contribution in [3.8, 4) is 0 Å². The number of hydrogen-bond acceptors (Lipinski definition) is 2. The van der Waals surface area contributed by atoms with Crippen LogP contribution in [0.5, 0.6) is 0 Å². The standard InChI is InChI=1S/C8H7F5N2/c9-5-1-4(14)2-6(10)7(5)15-3-8(11,12)13/h1-2,15H,3,14H2. The van der Waals surface area contributed by atoms with Crippen LogP contribution >= 0.6 is 0 Å². The minimum Gasteiger partial charge on any atom is -0.399 e. The Labute approximate surface area is 81.9 Å². The molecule has 1 aromatic carbocycles. The van der Waals surface area contributed by atoms with Crippen molar-refractivity contribution < 1.29 is 22.0 Å². The molecule has 0 aromatic heterocycles. The molecule has 0 aliphatic heterocycles. The van der Waals surface area contributed by atoms with Crippen LogP contribution < -0.4 is 11.1 Å². The maximum Gasteiger partial charge on any atom is 0.405 e. The van der Waals surface area contributed by atoms with Gasteiger partial charge in [0.2, 0.25) is 0 Å². The summed E-state index contributed by atoms with van der Waals surface area (Å²) in [4.78, 5) is 0. The van der Waals surface area contributed by atoms with Gasteiger partial charge in [0.25, 0.3) is 0 Å². The van der Waals surface area contributed by atoms with Crippen LogP contribution in [0.25, 0.3) is 0 Å². The van der Waals surface area contributed by atoms with E-state index in [0.717, 1.165) is 12.1 Å². The molecule has 1 rings (SSSR count). The van der Waals surface area contributed by atoms with Crippen molar-refractivity contribution in [1.82, 2.24) is 0 Å². The summed E-state index contributed by atoms with van der Waals surface area (Å²) < 4.78 is 61.1. The zero-order valence-electron chi connectivity index (χ0n) is 7.33. The van der Waals surface area contributed by atoms with E-state index in [-0.39, 0.29) is 5.69 Å². The van der Waals surface area contributed by atoms with Gasteiger partial charge in [0.15, 0.2) is 11.6 Å². The molecule has 2 nitrogen and oxygen atoms in total. The van der Waals surface area contributed by atoms with E-state index in [1.54, 1.807) is 5.32 Å². The highest BCUT2D eigenvalue weighted by atomic mass is 19.4. The van der Waals surface area contributed by atoms with Crippen LogP contribution in [0.15, 0.2) is 12.1 Å². The van der Waals surface area contributed by atoms with Crippen LogP contribution in [0.3, 0.4) is 0 Å². The molecule has 0 radical (unpaired) electrons. The molecule has 0 aliphatic rings. The van der Waals surface area contributed by atoms with Crippen molar-refractivity contribution in [3.63, 3.8) is 0 Å². The van der Waals surface area contributed by atoms with Crippen molar-refractivity contribution in [3.05, 3.63) is 23.8 Å². The molecule has 0 heterocycles. The normalized spacial score (nSPS) is 11.5. The molecular weight excluding hydrogens is 219 g/mol. The van der Waals surface area contributed by atoms with Crippen LogP contribution in [0, 0.1) is 11.6 Å². The summed E-state index contributed by atoms with van der Waals surface area (Å²) in [5.74, 6) is -2.31. The zero-order valence-corrected chi connectivity index (χ0v) is 7.33. The first kappa shape index (κ1) is 11.5. The van der Waals surface area contributed by atoms with E-state index in [4.69, 9.17) is 5.73 Å². The number of rotatable bonds is 2. The summed E-state index contributed by atoms with van der Waals surface area (Å²) in [6.07, 6.45) is -4.54. The summed E-state index contributed by atoms with van der Waals surface area (Å²) in [7, 11) is 0. The van der Waals surface area contributed by atoms with Crippen LogP contribution in [-0.4, -0.2) is 12.7 Å². The van der Waals surface area contributed by atoms with Gasteiger partial charge in [0.05, 0.1) is 0 Å². The summed E-state index contributed by atoms with van der Waals surface area (Å²) >= 11 is 0. The van der Waals surface area contributed by atoms with E-state index in [2.05, 4.69) is 0 Å². The third-order valence-electron chi connectivity index (χ3n) is 1.53. The van der Waals surface area contributed by atoms with Crippen molar-refractivity contribution in [2.75, 3.05) is 17.6 Å². The quantitative estimate of drug-likeness (QED) is 0.600. The Balaban J connectivity index is 2.86. The Morgan fingerprint density at radius 1 is 1.13 bits per heavy atom. The van der Waals surface area contributed by atoms with Gasteiger partial charge in [-0.25, -0.2) is 8.78 Å². The lowest BCUT2D eigenvalue weighted by atomic mass is 10.2. The maximum absolute atomic E-state index is 12.9. The first-order valence-electron chi connectivity index (χ1n) is 3.85. The van der Waals surface area contributed by atoms with Gasteiger partial charge in [-0.1, -0.05) is 0 Å². The molecule has 84 valence electrons. The van der Waals surface area contributed by atoms with Gasteiger partial charge in [0.1, 0.15) is 12.2 Å². The van der Waals surface area contributed by atoms with E-state index in [1.807, 2.05) is 0 Å². The second kappa shape index (κ2) is 3.92. The Morgan fingerprint density at radius 2 is 1.60 bits per heavy atom. The number of alkyl halides is 3. The van der Waals surface area contributed by atoms with E-state index < -0.39 is 30.0 Å². The first-order valence-corrected chi connectivity index (χ1v) is 3.85. The number of nitrogens with one attached hydrogen (secondary N) is 1. The monoisotopic (exact) mass is 226 g/mol. The molecule has 0 aliphatic carbocycles. The summed E-state index contributed by atoms with van der Waals surface area (Å²) in [5, 5.41) is 1.62. The highest BCUT2D eigenvalue weighted by Gasteiger charge is 2.27. The molecule has 0 saturated carbocycles. The van der Waals surface area contributed by atoms with E-state index >= 15 is 0 Å². The molecule has 1 aromatic rings. The fourth-order valence-electron chi connectivity index (χ4n) is 0.950. The molecular formula is C8H7F5N2. The van der Waals surface area contributed by atoms with Gasteiger partial charge in [-0.3, -0.25) is 0 Å². The van der Waals surface area contributed by atoms with Crippen molar-refractivity contribution in [2.45, 2.75) is 6.18 Å². The molecule has 0 unspecified atom stereocenters. The Bertz CT molecular complexity index is 338. The van der Waals surface area contributed by atoms with Crippen molar-refractivity contribution in [1.29, 1.82) is 0 Å². The topological polar surface area (TPSA) is 38.0 Å². The second-order valence-electron chi connectivity index (χ2n) is 2.83. The smallest absolute Gasteiger partial charge is 0.399 e. The predicted octanol–water partition coefficient (Wildman–Crippen LogP) is 2.52. The van der Waals surface area contributed by atoms with Gasteiger partial charge in [-0.05, 0) is 12.1 Å². The maximum atomic E-state index is 12.9. The van der Waals surface area contributed by atoms with Gasteiger partial charge in [0, 0.05) is 5.69 Å². The second-order valence-corrected chi connectivity index (χ2v) is 2.83. The van der Waals surface area contributed by atoms with Gasteiger partial charge >= 0.3 is 6.18 Å². The zero-order chi connectivity index (χ0) is 11.6. The number of anilines is 2. The van der Waals surface area contributed by atoms with Crippen LogP contribution in [0.4, 0.5) is 33.3 Å². The SMILES string of the molecule is Nc1cc(F)c(NCC(F)(F)F)c(F)c1. The number of nitrogens with two attached hydrogens (primary N) is 1. The number of benzene rings is 1. The summed E-state index contributed by atoms with van der Waals surface area (Å²) in [5.41, 5.74) is 4.06. The van der Waals surface area contributed by atoms with Crippen LogP contribution in [0.1, 0.15) is 0 Å². The molecule has 0 bridgehead atoms.